The molecule has 0 saturated carbocycles. The Morgan fingerprint density at radius 1 is 1.09 bits per heavy atom. The highest BCUT2D eigenvalue weighted by Crippen LogP contribution is 2.34. The van der Waals surface area contributed by atoms with E-state index in [1.807, 2.05) is 0 Å². The average Bonchev–Trinajstić information content (AvgIpc) is 2.95. The van der Waals surface area contributed by atoms with E-state index in [4.69, 9.17) is 11.6 Å². The number of aromatic nitrogens is 1. The number of hydrogen-bond acceptors (Lipinski definition) is 5. The zero-order chi connectivity index (χ0) is 24.2. The molecule has 2 heterocycles. The summed E-state index contributed by atoms with van der Waals surface area (Å²) in [5.74, 6) is -0.657. The van der Waals surface area contributed by atoms with Crippen LogP contribution in [0.4, 0.5) is 23.7 Å². The molecule has 1 unspecified atom stereocenters. The summed E-state index contributed by atoms with van der Waals surface area (Å²) < 4.78 is 61.4. The maximum atomic E-state index is 13.2. The summed E-state index contributed by atoms with van der Waals surface area (Å²) in [4.78, 5) is 29.8. The predicted molar refractivity (Wildman–Crippen MR) is 115 cm³/mol. The van der Waals surface area contributed by atoms with E-state index in [0.717, 1.165) is 17.0 Å². The number of imide groups is 1. The lowest BCUT2D eigenvalue weighted by atomic mass is 9.91. The molecule has 1 aliphatic rings. The van der Waals surface area contributed by atoms with Crippen molar-refractivity contribution in [1.29, 1.82) is 0 Å². The van der Waals surface area contributed by atoms with Crippen LogP contribution in [0.15, 0.2) is 59.6 Å². The normalized spacial score (nSPS) is 19.2. The highest BCUT2D eigenvalue weighted by molar-refractivity contribution is 7.92. The van der Waals surface area contributed by atoms with Gasteiger partial charge < -0.3 is 5.32 Å². The molecule has 0 bridgehead atoms. The van der Waals surface area contributed by atoms with Gasteiger partial charge in [-0.25, -0.2) is 18.1 Å². The first-order valence-electron chi connectivity index (χ1n) is 9.45. The molecule has 33 heavy (non-hydrogen) atoms. The molecule has 12 heteroatoms. The fourth-order valence-corrected chi connectivity index (χ4v) is 4.76. The molecule has 1 aromatic heterocycles. The number of rotatable bonds is 4. The number of nitrogens with one attached hydrogen (secondary N) is 1. The molecular formula is C21H15ClF3N3O4S. The molecule has 7 nitrogen and oxygen atoms in total. The fraction of sp³-hybridized carbons (Fsp3) is 0.190. The highest BCUT2D eigenvalue weighted by Gasteiger charge is 2.49. The number of urea groups is 1. The van der Waals surface area contributed by atoms with E-state index in [2.05, 4.69) is 10.3 Å². The largest absolute Gasteiger partial charge is 0.501 e. The third-order valence-electron chi connectivity index (χ3n) is 5.32. The molecule has 1 aliphatic heterocycles. The van der Waals surface area contributed by atoms with Crippen molar-refractivity contribution in [2.45, 2.75) is 29.3 Å². The molecule has 1 fully saturated rings. The summed E-state index contributed by atoms with van der Waals surface area (Å²) >= 11 is 6.31. The first kappa shape index (κ1) is 23.0. The van der Waals surface area contributed by atoms with Crippen LogP contribution in [0.1, 0.15) is 12.5 Å². The van der Waals surface area contributed by atoms with Crippen molar-refractivity contribution in [3.05, 3.63) is 65.3 Å². The number of benzene rings is 2. The highest BCUT2D eigenvalue weighted by atomic mass is 35.5. The van der Waals surface area contributed by atoms with Gasteiger partial charge in [-0.15, -0.1) is 0 Å². The summed E-state index contributed by atoms with van der Waals surface area (Å²) in [6.45, 7) is 1.51. The van der Waals surface area contributed by atoms with E-state index < -0.39 is 37.7 Å². The van der Waals surface area contributed by atoms with Gasteiger partial charge in [0.05, 0.1) is 21.1 Å². The van der Waals surface area contributed by atoms with Gasteiger partial charge in [0, 0.05) is 18.0 Å². The van der Waals surface area contributed by atoms with Crippen molar-refractivity contribution in [3.8, 4) is 0 Å². The van der Waals surface area contributed by atoms with Gasteiger partial charge in [0.1, 0.15) is 5.54 Å². The molecule has 4 rings (SSSR count). The Morgan fingerprint density at radius 2 is 1.76 bits per heavy atom. The molecule has 1 saturated heterocycles. The zero-order valence-electron chi connectivity index (χ0n) is 16.9. The van der Waals surface area contributed by atoms with Gasteiger partial charge >= 0.3 is 11.5 Å². The number of sulfone groups is 1. The minimum atomic E-state index is -5.55. The van der Waals surface area contributed by atoms with E-state index in [1.54, 1.807) is 30.5 Å². The van der Waals surface area contributed by atoms with Crippen LogP contribution in [0.5, 0.6) is 0 Å². The van der Waals surface area contributed by atoms with Crippen molar-refractivity contribution in [1.82, 2.24) is 10.3 Å². The Hall–Kier alpha value is -3.18. The summed E-state index contributed by atoms with van der Waals surface area (Å²) in [5, 5.41) is 3.66. The van der Waals surface area contributed by atoms with E-state index in [1.165, 1.54) is 6.92 Å². The first-order chi connectivity index (χ1) is 15.3. The van der Waals surface area contributed by atoms with E-state index in [-0.39, 0.29) is 12.1 Å². The second-order valence-corrected chi connectivity index (χ2v) is 9.98. The monoisotopic (exact) mass is 497 g/mol. The number of nitrogens with zero attached hydrogens (tertiary/aromatic N) is 2. The Balaban J connectivity index is 1.66. The van der Waals surface area contributed by atoms with E-state index >= 15 is 0 Å². The standard InChI is InChI=1S/C21H15ClF3N3O4S/c1-20(11-12-9-10-26-16-4-2-3-15(22)17(12)16)18(29)28(19(30)27-20)13-5-7-14(8-6-13)33(31,32)21(23,24)25/h2-10H,11H2,1H3,(H,27,30). The van der Waals surface area contributed by atoms with E-state index in [9.17, 15) is 31.2 Å². The molecule has 0 aliphatic carbocycles. The number of fused-ring (bicyclic) bond motifs is 1. The number of pyridine rings is 1. The SMILES string of the molecule is CC1(Cc2ccnc3cccc(Cl)c23)NC(=O)N(c2ccc(S(=O)(=O)C(F)(F)F)cc2)C1=O. The maximum absolute atomic E-state index is 13.2. The first-order valence-corrected chi connectivity index (χ1v) is 11.3. The number of halogens is 4. The number of carbonyl (C=O) groups excluding carboxylic acids is 2. The Bertz CT molecular complexity index is 1390. The van der Waals surface area contributed by atoms with Crippen molar-refractivity contribution in [2.75, 3.05) is 4.90 Å². The van der Waals surface area contributed by atoms with Crippen molar-refractivity contribution < 1.29 is 31.2 Å². The maximum Gasteiger partial charge on any atom is 0.501 e. The fourth-order valence-electron chi connectivity index (χ4n) is 3.70. The molecular weight excluding hydrogens is 483 g/mol. The molecule has 1 atom stereocenters. The number of carbonyl (C=O) groups is 2. The summed E-state index contributed by atoms with van der Waals surface area (Å²) in [6.07, 6.45) is 1.62. The van der Waals surface area contributed by atoms with Crippen LogP contribution >= 0.6 is 11.6 Å². The molecule has 2 aromatic carbocycles. The molecule has 172 valence electrons. The van der Waals surface area contributed by atoms with Gasteiger partial charge in [-0.1, -0.05) is 17.7 Å². The van der Waals surface area contributed by atoms with Gasteiger partial charge in [0.2, 0.25) is 0 Å². The summed E-state index contributed by atoms with van der Waals surface area (Å²) in [6, 6.07) is 9.39. The number of amides is 3. The van der Waals surface area contributed by atoms with Crippen LogP contribution in [-0.4, -0.2) is 36.4 Å². The van der Waals surface area contributed by atoms with Crippen LogP contribution in [0, 0.1) is 0 Å². The lowest BCUT2D eigenvalue weighted by Gasteiger charge is -2.23. The van der Waals surface area contributed by atoms with Crippen LogP contribution in [0.25, 0.3) is 10.9 Å². The predicted octanol–water partition coefficient (Wildman–Crippen LogP) is 4.24. The second kappa shape index (κ2) is 7.70. The van der Waals surface area contributed by atoms with Crippen LogP contribution < -0.4 is 10.2 Å². The smallest absolute Gasteiger partial charge is 0.323 e. The quantitative estimate of drug-likeness (QED) is 0.544. The molecule has 0 spiro atoms. The summed E-state index contributed by atoms with van der Waals surface area (Å²) in [7, 11) is -5.55. The Labute approximate surface area is 191 Å². The van der Waals surface area contributed by atoms with Crippen LogP contribution in [0.2, 0.25) is 5.02 Å². The Morgan fingerprint density at radius 3 is 2.39 bits per heavy atom. The third kappa shape index (κ3) is 3.80. The van der Waals surface area contributed by atoms with Crippen molar-refractivity contribution >= 4 is 50.0 Å². The second-order valence-electron chi connectivity index (χ2n) is 7.63. The van der Waals surface area contributed by atoms with Crippen LogP contribution in [-0.2, 0) is 21.1 Å². The van der Waals surface area contributed by atoms with Gasteiger partial charge in [0.25, 0.3) is 15.7 Å². The summed E-state index contributed by atoms with van der Waals surface area (Å²) in [5.41, 5.74) is -5.65. The lowest BCUT2D eigenvalue weighted by molar-refractivity contribution is -0.121. The van der Waals surface area contributed by atoms with Crippen LogP contribution in [0.3, 0.4) is 0 Å². The zero-order valence-corrected chi connectivity index (χ0v) is 18.4. The van der Waals surface area contributed by atoms with E-state index in [0.29, 0.717) is 33.6 Å². The minimum Gasteiger partial charge on any atom is -0.323 e. The van der Waals surface area contributed by atoms with Gasteiger partial charge in [-0.05, 0) is 55.0 Å². The topological polar surface area (TPSA) is 96.4 Å². The number of alkyl halides is 3. The number of hydrogen-bond donors (Lipinski definition) is 1. The van der Waals surface area contributed by atoms with Crippen molar-refractivity contribution in [2.24, 2.45) is 0 Å². The molecule has 0 radical (unpaired) electrons. The Kier molecular flexibility index (Phi) is 5.37. The average molecular weight is 498 g/mol. The molecule has 3 aromatic rings. The molecule has 3 amide bonds. The number of anilines is 1. The molecule has 1 N–H and O–H groups in total. The van der Waals surface area contributed by atoms with Gasteiger partial charge in [0.15, 0.2) is 0 Å². The lowest BCUT2D eigenvalue weighted by Crippen LogP contribution is -2.46. The van der Waals surface area contributed by atoms with Gasteiger partial charge in [-0.3, -0.25) is 9.78 Å². The minimum absolute atomic E-state index is 0.0668. The van der Waals surface area contributed by atoms with Crippen molar-refractivity contribution in [3.63, 3.8) is 0 Å². The van der Waals surface area contributed by atoms with Gasteiger partial charge in [-0.2, -0.15) is 13.2 Å². The third-order valence-corrected chi connectivity index (χ3v) is 7.13.